The molecule has 6 heteroatoms. The van der Waals surface area contributed by atoms with Crippen molar-refractivity contribution < 1.29 is 9.59 Å². The van der Waals surface area contributed by atoms with E-state index in [2.05, 4.69) is 28.2 Å². The first-order valence-electron chi connectivity index (χ1n) is 8.61. The number of thioether (sulfide) groups is 1. The van der Waals surface area contributed by atoms with Crippen molar-refractivity contribution in [2.75, 3.05) is 11.4 Å². The Bertz CT molecular complexity index is 812. The number of nitrogens with zero attached hydrogens (tertiary/aromatic N) is 1. The van der Waals surface area contributed by atoms with Gasteiger partial charge in [0.15, 0.2) is 0 Å². The van der Waals surface area contributed by atoms with Crippen LogP contribution in [-0.4, -0.2) is 23.6 Å². The zero-order valence-corrected chi connectivity index (χ0v) is 17.0. The van der Waals surface area contributed by atoms with Crippen molar-refractivity contribution in [3.8, 4) is 0 Å². The number of para-hydroxylation sites is 1. The van der Waals surface area contributed by atoms with Crippen LogP contribution < -0.4 is 10.2 Å². The van der Waals surface area contributed by atoms with E-state index in [0.29, 0.717) is 18.3 Å². The third-order valence-corrected chi connectivity index (χ3v) is 6.15. The average molecular weight is 433 g/mol. The van der Waals surface area contributed by atoms with Crippen LogP contribution in [-0.2, 0) is 16.1 Å². The molecule has 0 aromatic heterocycles. The number of carbonyl (C=O) groups is 2. The molecule has 2 aromatic carbocycles. The minimum absolute atomic E-state index is 0.000594. The van der Waals surface area contributed by atoms with Gasteiger partial charge in [-0.15, -0.1) is 11.8 Å². The van der Waals surface area contributed by atoms with Gasteiger partial charge in [0.1, 0.15) is 0 Å². The van der Waals surface area contributed by atoms with Crippen molar-refractivity contribution in [2.45, 2.75) is 36.5 Å². The van der Waals surface area contributed by atoms with Crippen molar-refractivity contribution in [1.82, 2.24) is 5.32 Å². The van der Waals surface area contributed by atoms with E-state index in [1.54, 1.807) is 11.8 Å². The van der Waals surface area contributed by atoms with E-state index in [1.165, 1.54) is 0 Å². The van der Waals surface area contributed by atoms with Crippen LogP contribution in [0.3, 0.4) is 0 Å². The quantitative estimate of drug-likeness (QED) is 0.762. The van der Waals surface area contributed by atoms with Gasteiger partial charge in [0.2, 0.25) is 11.8 Å². The van der Waals surface area contributed by atoms with Crippen LogP contribution >= 0.6 is 27.7 Å². The van der Waals surface area contributed by atoms with Crippen molar-refractivity contribution in [3.63, 3.8) is 0 Å². The lowest BCUT2D eigenvalue weighted by Gasteiger charge is -2.32. The monoisotopic (exact) mass is 432 g/mol. The largest absolute Gasteiger partial charge is 0.352 e. The first-order chi connectivity index (χ1) is 12.5. The molecule has 3 rings (SSSR count). The highest BCUT2D eigenvalue weighted by molar-refractivity contribution is 9.10. The third-order valence-electron chi connectivity index (χ3n) is 4.22. The number of fused-ring (bicyclic) bond motifs is 1. The fourth-order valence-corrected chi connectivity index (χ4v) is 4.44. The molecule has 0 aliphatic carbocycles. The Morgan fingerprint density at radius 2 is 1.88 bits per heavy atom. The fraction of sp³-hybridized carbons (Fsp3) is 0.300. The van der Waals surface area contributed by atoms with Crippen LogP contribution in [0.1, 0.15) is 25.3 Å². The van der Waals surface area contributed by atoms with Gasteiger partial charge < -0.3 is 10.2 Å². The topological polar surface area (TPSA) is 49.4 Å². The highest BCUT2D eigenvalue weighted by atomic mass is 79.9. The number of amides is 2. The van der Waals surface area contributed by atoms with Gasteiger partial charge in [-0.25, -0.2) is 0 Å². The summed E-state index contributed by atoms with van der Waals surface area (Å²) in [6.45, 7) is 3.25. The van der Waals surface area contributed by atoms with Crippen molar-refractivity contribution >= 4 is 45.2 Å². The van der Waals surface area contributed by atoms with Crippen LogP contribution in [0.2, 0.25) is 0 Å². The summed E-state index contributed by atoms with van der Waals surface area (Å²) in [6, 6.07) is 15.7. The molecule has 136 valence electrons. The van der Waals surface area contributed by atoms with Gasteiger partial charge in [-0.2, -0.15) is 0 Å². The Hall–Kier alpha value is -1.79. The van der Waals surface area contributed by atoms with E-state index < -0.39 is 0 Å². The highest BCUT2D eigenvalue weighted by Gasteiger charge is 2.26. The Morgan fingerprint density at radius 1 is 1.15 bits per heavy atom. The van der Waals surface area contributed by atoms with Gasteiger partial charge >= 0.3 is 0 Å². The summed E-state index contributed by atoms with van der Waals surface area (Å²) >= 11 is 5.25. The van der Waals surface area contributed by atoms with Crippen LogP contribution in [0, 0.1) is 0 Å². The molecule has 1 aliphatic rings. The molecule has 0 radical (unpaired) electrons. The number of benzene rings is 2. The van der Waals surface area contributed by atoms with E-state index >= 15 is 0 Å². The predicted octanol–water partition coefficient (Wildman–Crippen LogP) is 4.37. The van der Waals surface area contributed by atoms with Crippen molar-refractivity contribution in [2.24, 2.45) is 0 Å². The lowest BCUT2D eigenvalue weighted by molar-refractivity contribution is -0.125. The molecule has 0 unspecified atom stereocenters. The first kappa shape index (κ1) is 19.0. The van der Waals surface area contributed by atoms with Gasteiger partial charge in [0, 0.05) is 40.5 Å². The number of rotatable bonds is 5. The van der Waals surface area contributed by atoms with Crippen molar-refractivity contribution in [3.05, 3.63) is 58.6 Å². The van der Waals surface area contributed by atoms with E-state index in [0.717, 1.165) is 20.6 Å². The summed E-state index contributed by atoms with van der Waals surface area (Å²) in [6.07, 6.45) is 0.414. The highest BCUT2D eigenvalue weighted by Crippen LogP contribution is 2.38. The minimum atomic E-state index is -0.109. The molecule has 4 nitrogen and oxygen atoms in total. The van der Waals surface area contributed by atoms with Crippen molar-refractivity contribution in [1.29, 1.82) is 0 Å². The number of hydrogen-bond acceptors (Lipinski definition) is 3. The number of hydrogen-bond donors (Lipinski definition) is 1. The summed E-state index contributed by atoms with van der Waals surface area (Å²) < 4.78 is 0.966. The summed E-state index contributed by atoms with van der Waals surface area (Å²) in [7, 11) is 0. The first-order valence-corrected chi connectivity index (χ1v) is 10.3. The normalized spacial score (nSPS) is 16.1. The summed E-state index contributed by atoms with van der Waals surface area (Å²) in [5.74, 6) is -0.109. The molecule has 1 atom stereocenters. The average Bonchev–Trinajstić information content (AvgIpc) is 2.64. The summed E-state index contributed by atoms with van der Waals surface area (Å²) in [5.41, 5.74) is 1.97. The van der Waals surface area contributed by atoms with E-state index in [-0.39, 0.29) is 24.7 Å². The van der Waals surface area contributed by atoms with Crippen LogP contribution in [0.4, 0.5) is 5.69 Å². The molecule has 1 N–H and O–H groups in total. The number of nitrogens with one attached hydrogen (secondary N) is 1. The van der Waals surface area contributed by atoms with Gasteiger partial charge in [-0.05, 0) is 23.8 Å². The Balaban J connectivity index is 1.54. The lowest BCUT2D eigenvalue weighted by Crippen LogP contribution is -2.39. The minimum Gasteiger partial charge on any atom is -0.352 e. The maximum Gasteiger partial charge on any atom is 0.227 e. The van der Waals surface area contributed by atoms with E-state index in [9.17, 15) is 9.59 Å². The zero-order chi connectivity index (χ0) is 18.5. The smallest absolute Gasteiger partial charge is 0.227 e. The third kappa shape index (κ3) is 4.68. The Kier molecular flexibility index (Phi) is 6.38. The molecule has 2 aromatic rings. The second-order valence-electron chi connectivity index (χ2n) is 6.27. The van der Waals surface area contributed by atoms with Gasteiger partial charge in [-0.1, -0.05) is 53.2 Å². The number of halogens is 1. The molecule has 0 spiro atoms. The van der Waals surface area contributed by atoms with Crippen LogP contribution in [0.25, 0.3) is 0 Å². The van der Waals surface area contributed by atoms with Gasteiger partial charge in [0.05, 0.1) is 5.69 Å². The Labute approximate surface area is 166 Å². The number of anilines is 1. The molecular weight excluding hydrogens is 412 g/mol. The summed E-state index contributed by atoms with van der Waals surface area (Å²) in [4.78, 5) is 27.7. The Morgan fingerprint density at radius 3 is 2.69 bits per heavy atom. The molecular formula is C20H21BrN2O2S. The molecule has 26 heavy (non-hydrogen) atoms. The zero-order valence-electron chi connectivity index (χ0n) is 14.6. The SMILES string of the molecule is C[C@H]1CN(C(=O)CCC(=O)NCc2ccccc2Br)c2ccccc2S1. The molecule has 0 saturated heterocycles. The second-order valence-corrected chi connectivity index (χ2v) is 8.60. The standard InChI is InChI=1S/C20H21BrN2O2S/c1-14-13-23(17-8-4-5-9-18(17)26-14)20(25)11-10-19(24)22-12-15-6-2-3-7-16(15)21/h2-9,14H,10-13H2,1H3,(H,22,24)/t14-/m0/s1. The number of carbonyl (C=O) groups excluding carboxylic acids is 2. The second kappa shape index (κ2) is 8.73. The molecule has 0 fully saturated rings. The van der Waals surface area contributed by atoms with Gasteiger partial charge in [-0.3, -0.25) is 9.59 Å². The van der Waals surface area contributed by atoms with E-state index in [4.69, 9.17) is 0 Å². The molecule has 0 bridgehead atoms. The fourth-order valence-electron chi connectivity index (χ4n) is 2.90. The van der Waals surface area contributed by atoms with Crippen LogP contribution in [0.5, 0.6) is 0 Å². The lowest BCUT2D eigenvalue weighted by atomic mass is 10.2. The molecule has 2 amide bonds. The maximum atomic E-state index is 12.7. The van der Waals surface area contributed by atoms with Crippen LogP contribution in [0.15, 0.2) is 57.9 Å². The summed E-state index contributed by atoms with van der Waals surface area (Å²) in [5, 5.41) is 3.23. The van der Waals surface area contributed by atoms with E-state index in [1.807, 2.05) is 53.4 Å². The molecule has 1 heterocycles. The molecule has 1 aliphatic heterocycles. The predicted molar refractivity (Wildman–Crippen MR) is 109 cm³/mol. The molecule has 0 saturated carbocycles. The maximum absolute atomic E-state index is 12.7. The van der Waals surface area contributed by atoms with Gasteiger partial charge in [0.25, 0.3) is 0 Å².